The number of aryl methyl sites for hydroxylation is 1. The van der Waals surface area contributed by atoms with Gasteiger partial charge in [-0.2, -0.15) is 0 Å². The molecule has 0 saturated carbocycles. The lowest BCUT2D eigenvalue weighted by Gasteiger charge is -2.37. The molecule has 178 valence electrons. The van der Waals surface area contributed by atoms with Gasteiger partial charge >= 0.3 is 5.97 Å². The Morgan fingerprint density at radius 1 is 1.12 bits per heavy atom. The molecular formula is C24H30FN3O4S. The lowest BCUT2D eigenvalue weighted by atomic mass is 9.96. The predicted molar refractivity (Wildman–Crippen MR) is 126 cm³/mol. The summed E-state index contributed by atoms with van der Waals surface area (Å²) < 4.78 is 42.6. The quantitative estimate of drug-likeness (QED) is 0.630. The van der Waals surface area contributed by atoms with Crippen LogP contribution in [0.4, 0.5) is 15.8 Å². The van der Waals surface area contributed by atoms with Crippen LogP contribution in [0.2, 0.25) is 0 Å². The van der Waals surface area contributed by atoms with Crippen molar-refractivity contribution in [2.45, 2.75) is 37.5 Å². The van der Waals surface area contributed by atoms with E-state index in [9.17, 15) is 22.7 Å². The average molecular weight is 476 g/mol. The highest BCUT2D eigenvalue weighted by atomic mass is 32.2. The SMILES string of the molecule is Cc1ccc(F)cc1S(=O)(=O)Nc1cc(C(=O)O)ccc1N1CCC[C@@H](CN2CCCC2)C1. The zero-order chi connectivity index (χ0) is 23.6. The summed E-state index contributed by atoms with van der Waals surface area (Å²) in [7, 11) is -4.12. The lowest BCUT2D eigenvalue weighted by Crippen LogP contribution is -2.40. The molecule has 2 aromatic rings. The second kappa shape index (κ2) is 9.69. The number of aromatic carboxylic acids is 1. The number of nitrogens with one attached hydrogen (secondary N) is 1. The van der Waals surface area contributed by atoms with E-state index in [1.54, 1.807) is 13.0 Å². The van der Waals surface area contributed by atoms with Crippen LogP contribution in [0.5, 0.6) is 0 Å². The molecule has 0 amide bonds. The van der Waals surface area contributed by atoms with Crippen LogP contribution in [-0.4, -0.2) is 57.1 Å². The molecule has 2 saturated heterocycles. The second-order valence-electron chi connectivity index (χ2n) is 9.01. The Morgan fingerprint density at radius 3 is 2.61 bits per heavy atom. The van der Waals surface area contributed by atoms with Crippen LogP contribution in [0.3, 0.4) is 0 Å². The van der Waals surface area contributed by atoms with Gasteiger partial charge in [0.25, 0.3) is 10.0 Å². The molecule has 2 aromatic carbocycles. The first-order valence-electron chi connectivity index (χ1n) is 11.4. The highest BCUT2D eigenvalue weighted by Gasteiger charge is 2.27. The number of anilines is 2. The van der Waals surface area contributed by atoms with E-state index in [-0.39, 0.29) is 16.1 Å². The standard InChI is InChI=1S/C24H30FN3O4S/c1-17-6-8-20(25)14-23(17)33(31,32)26-21-13-19(24(29)30)7-9-22(21)28-12-4-5-18(16-28)15-27-10-2-3-11-27/h6-9,13-14,18,26H,2-5,10-12,15-16H2,1H3,(H,29,30)/t18-/m0/s1. The fourth-order valence-electron chi connectivity index (χ4n) is 4.85. The van der Waals surface area contributed by atoms with E-state index in [4.69, 9.17) is 0 Å². The van der Waals surface area contributed by atoms with Crippen LogP contribution < -0.4 is 9.62 Å². The molecule has 0 radical (unpaired) electrons. The Morgan fingerprint density at radius 2 is 1.88 bits per heavy atom. The van der Waals surface area contributed by atoms with Gasteiger partial charge in [-0.25, -0.2) is 17.6 Å². The van der Waals surface area contributed by atoms with Crippen molar-refractivity contribution in [1.82, 2.24) is 4.90 Å². The number of hydrogen-bond acceptors (Lipinski definition) is 5. The van der Waals surface area contributed by atoms with Gasteiger partial charge in [-0.1, -0.05) is 6.07 Å². The van der Waals surface area contributed by atoms with Gasteiger partial charge in [0.05, 0.1) is 21.8 Å². The van der Waals surface area contributed by atoms with Gasteiger partial charge in [0, 0.05) is 19.6 Å². The number of piperidine rings is 1. The van der Waals surface area contributed by atoms with Crippen molar-refractivity contribution in [1.29, 1.82) is 0 Å². The molecule has 2 aliphatic heterocycles. The molecular weight excluding hydrogens is 445 g/mol. The van der Waals surface area contributed by atoms with Gasteiger partial charge < -0.3 is 14.9 Å². The normalized spacial score (nSPS) is 19.6. The second-order valence-corrected chi connectivity index (χ2v) is 10.7. The lowest BCUT2D eigenvalue weighted by molar-refractivity contribution is 0.0697. The molecule has 2 N–H and O–H groups in total. The minimum atomic E-state index is -4.12. The highest BCUT2D eigenvalue weighted by molar-refractivity contribution is 7.92. The van der Waals surface area contributed by atoms with E-state index >= 15 is 0 Å². The maximum Gasteiger partial charge on any atom is 0.335 e. The summed E-state index contributed by atoms with van der Waals surface area (Å²) >= 11 is 0. The topological polar surface area (TPSA) is 89.9 Å². The van der Waals surface area contributed by atoms with Crippen molar-refractivity contribution in [2.24, 2.45) is 5.92 Å². The summed E-state index contributed by atoms with van der Waals surface area (Å²) in [5, 5.41) is 9.46. The summed E-state index contributed by atoms with van der Waals surface area (Å²) in [5.41, 5.74) is 1.23. The third kappa shape index (κ3) is 5.47. The summed E-state index contributed by atoms with van der Waals surface area (Å²) in [6, 6.07) is 8.09. The Hall–Kier alpha value is -2.65. The third-order valence-electron chi connectivity index (χ3n) is 6.50. The molecule has 2 aliphatic rings. The Labute approximate surface area is 194 Å². The number of rotatable bonds is 7. The van der Waals surface area contributed by atoms with E-state index in [0.29, 0.717) is 17.2 Å². The van der Waals surface area contributed by atoms with Crippen molar-refractivity contribution in [2.75, 3.05) is 42.3 Å². The Bertz CT molecular complexity index is 1130. The largest absolute Gasteiger partial charge is 0.478 e. The minimum absolute atomic E-state index is 0.0157. The molecule has 33 heavy (non-hydrogen) atoms. The number of carbonyl (C=O) groups is 1. The molecule has 4 rings (SSSR count). The monoisotopic (exact) mass is 475 g/mol. The van der Waals surface area contributed by atoms with Gasteiger partial charge in [-0.15, -0.1) is 0 Å². The number of nitrogens with zero attached hydrogens (tertiary/aromatic N) is 2. The van der Waals surface area contributed by atoms with Crippen molar-refractivity contribution in [3.8, 4) is 0 Å². The van der Waals surface area contributed by atoms with E-state index in [2.05, 4.69) is 14.5 Å². The zero-order valence-electron chi connectivity index (χ0n) is 18.8. The number of halogens is 1. The molecule has 9 heteroatoms. The fraction of sp³-hybridized carbons (Fsp3) is 0.458. The summed E-state index contributed by atoms with van der Waals surface area (Å²) in [6.07, 6.45) is 4.56. The molecule has 1 atom stereocenters. The minimum Gasteiger partial charge on any atom is -0.478 e. The van der Waals surface area contributed by atoms with Gasteiger partial charge in [0.1, 0.15) is 5.82 Å². The van der Waals surface area contributed by atoms with Gasteiger partial charge in [0.2, 0.25) is 0 Å². The predicted octanol–water partition coefficient (Wildman–Crippen LogP) is 3.95. The van der Waals surface area contributed by atoms with Crippen molar-refractivity contribution < 1.29 is 22.7 Å². The maximum absolute atomic E-state index is 13.8. The summed E-state index contributed by atoms with van der Waals surface area (Å²) in [6.45, 7) is 6.40. The molecule has 7 nitrogen and oxygen atoms in total. The van der Waals surface area contributed by atoms with Crippen LogP contribution >= 0.6 is 0 Å². The number of carboxylic acid groups (broad SMARTS) is 1. The Balaban J connectivity index is 1.63. The number of likely N-dealkylation sites (tertiary alicyclic amines) is 1. The van der Waals surface area contributed by atoms with Crippen LogP contribution in [0, 0.1) is 18.7 Å². The van der Waals surface area contributed by atoms with Gasteiger partial charge in [-0.3, -0.25) is 4.72 Å². The van der Waals surface area contributed by atoms with Crippen LogP contribution in [0.1, 0.15) is 41.6 Å². The van der Waals surface area contributed by atoms with Gasteiger partial charge in [0.15, 0.2) is 0 Å². The highest BCUT2D eigenvalue weighted by Crippen LogP contribution is 2.33. The van der Waals surface area contributed by atoms with Gasteiger partial charge in [-0.05, 0) is 87.5 Å². The van der Waals surface area contributed by atoms with Crippen molar-refractivity contribution in [3.05, 3.63) is 53.3 Å². The van der Waals surface area contributed by atoms with E-state index in [1.165, 1.54) is 37.1 Å². The Kier molecular flexibility index (Phi) is 6.90. The smallest absolute Gasteiger partial charge is 0.335 e. The van der Waals surface area contributed by atoms with Crippen LogP contribution in [0.25, 0.3) is 0 Å². The zero-order valence-corrected chi connectivity index (χ0v) is 19.6. The number of benzene rings is 2. The number of sulfonamides is 1. The first-order valence-corrected chi connectivity index (χ1v) is 12.8. The maximum atomic E-state index is 13.8. The van der Waals surface area contributed by atoms with E-state index in [0.717, 1.165) is 51.6 Å². The molecule has 0 bridgehead atoms. The van der Waals surface area contributed by atoms with E-state index in [1.807, 2.05) is 0 Å². The molecule has 0 unspecified atom stereocenters. The molecule has 0 spiro atoms. The van der Waals surface area contributed by atoms with Crippen molar-refractivity contribution >= 4 is 27.4 Å². The average Bonchev–Trinajstić information content (AvgIpc) is 3.28. The number of carboxylic acids is 1. The van der Waals surface area contributed by atoms with Crippen molar-refractivity contribution in [3.63, 3.8) is 0 Å². The van der Waals surface area contributed by atoms with E-state index < -0.39 is 21.8 Å². The summed E-state index contributed by atoms with van der Waals surface area (Å²) in [4.78, 5) is 16.0. The first kappa shape index (κ1) is 23.5. The fourth-order valence-corrected chi connectivity index (χ4v) is 6.18. The van der Waals surface area contributed by atoms with Crippen LogP contribution in [0.15, 0.2) is 41.3 Å². The number of hydrogen-bond donors (Lipinski definition) is 2. The molecule has 0 aliphatic carbocycles. The molecule has 2 heterocycles. The first-order chi connectivity index (χ1) is 15.7. The third-order valence-corrected chi connectivity index (χ3v) is 8.01. The molecule has 0 aromatic heterocycles. The van der Waals surface area contributed by atoms with Crippen LogP contribution in [-0.2, 0) is 10.0 Å². The summed E-state index contributed by atoms with van der Waals surface area (Å²) in [5.74, 6) is -1.33. The molecule has 2 fully saturated rings.